The van der Waals surface area contributed by atoms with Crippen molar-refractivity contribution in [2.75, 3.05) is 12.4 Å². The molecule has 2 nitrogen and oxygen atoms in total. The standard InChI is InChI=1S/C18H20FNO/c1-18(2)16(12-8-10-13(19)11-9-12)20-15-7-5-4-6-14(15)17(18)21-3/h4-11,16-17,20H,1-3H3. The molecule has 0 spiro atoms. The zero-order valence-electron chi connectivity index (χ0n) is 12.6. The topological polar surface area (TPSA) is 21.3 Å². The van der Waals surface area contributed by atoms with Crippen molar-refractivity contribution in [2.24, 2.45) is 5.41 Å². The Balaban J connectivity index is 2.08. The van der Waals surface area contributed by atoms with Crippen molar-refractivity contribution in [3.8, 4) is 0 Å². The summed E-state index contributed by atoms with van der Waals surface area (Å²) in [5.41, 5.74) is 3.17. The number of fused-ring (bicyclic) bond motifs is 1. The van der Waals surface area contributed by atoms with Gasteiger partial charge in [0.15, 0.2) is 0 Å². The summed E-state index contributed by atoms with van der Waals surface area (Å²) in [6.45, 7) is 4.36. The maximum atomic E-state index is 13.2. The average Bonchev–Trinajstić information content (AvgIpc) is 2.47. The number of nitrogens with one attached hydrogen (secondary N) is 1. The molecule has 1 heterocycles. The maximum Gasteiger partial charge on any atom is 0.123 e. The molecular formula is C18H20FNO. The molecule has 0 fully saturated rings. The second kappa shape index (κ2) is 5.15. The lowest BCUT2D eigenvalue weighted by molar-refractivity contribution is -0.0107. The number of anilines is 1. The Labute approximate surface area is 125 Å². The van der Waals surface area contributed by atoms with Crippen molar-refractivity contribution in [2.45, 2.75) is 26.0 Å². The van der Waals surface area contributed by atoms with E-state index in [0.29, 0.717) is 0 Å². The summed E-state index contributed by atoms with van der Waals surface area (Å²) in [6, 6.07) is 15.0. The van der Waals surface area contributed by atoms with E-state index in [1.165, 1.54) is 17.7 Å². The molecule has 2 unspecified atom stereocenters. The van der Waals surface area contributed by atoms with Crippen LogP contribution in [0.2, 0.25) is 0 Å². The minimum atomic E-state index is -0.212. The molecule has 0 radical (unpaired) electrons. The van der Waals surface area contributed by atoms with E-state index < -0.39 is 0 Å². The number of halogens is 1. The largest absolute Gasteiger partial charge is 0.377 e. The molecule has 1 N–H and O–H groups in total. The smallest absolute Gasteiger partial charge is 0.123 e. The van der Waals surface area contributed by atoms with Crippen molar-refractivity contribution >= 4 is 5.69 Å². The maximum absolute atomic E-state index is 13.2. The third-order valence-electron chi connectivity index (χ3n) is 4.40. The zero-order valence-corrected chi connectivity index (χ0v) is 12.6. The van der Waals surface area contributed by atoms with Crippen LogP contribution in [0.3, 0.4) is 0 Å². The molecule has 0 aromatic heterocycles. The minimum absolute atomic E-state index is 0.00926. The van der Waals surface area contributed by atoms with Crippen molar-refractivity contribution < 1.29 is 9.13 Å². The summed E-state index contributed by atoms with van der Waals surface area (Å²) >= 11 is 0. The van der Waals surface area contributed by atoms with E-state index >= 15 is 0 Å². The van der Waals surface area contributed by atoms with Gasteiger partial charge in [-0.25, -0.2) is 4.39 Å². The van der Waals surface area contributed by atoms with Gasteiger partial charge in [-0.2, -0.15) is 0 Å². The Morgan fingerprint density at radius 3 is 2.38 bits per heavy atom. The molecular weight excluding hydrogens is 265 g/mol. The molecule has 0 saturated carbocycles. The van der Waals surface area contributed by atoms with Crippen LogP contribution in [0, 0.1) is 11.2 Å². The van der Waals surface area contributed by atoms with Gasteiger partial charge in [-0.15, -0.1) is 0 Å². The fourth-order valence-corrected chi connectivity index (χ4v) is 3.35. The number of rotatable bonds is 2. The van der Waals surface area contributed by atoms with Crippen molar-refractivity contribution in [3.05, 3.63) is 65.5 Å². The van der Waals surface area contributed by atoms with Gasteiger partial charge < -0.3 is 10.1 Å². The quantitative estimate of drug-likeness (QED) is 0.863. The molecule has 0 aliphatic carbocycles. The van der Waals surface area contributed by atoms with Gasteiger partial charge in [-0.1, -0.05) is 44.2 Å². The highest BCUT2D eigenvalue weighted by Crippen LogP contribution is 2.52. The first-order valence-corrected chi connectivity index (χ1v) is 7.18. The van der Waals surface area contributed by atoms with E-state index in [9.17, 15) is 4.39 Å². The summed E-state index contributed by atoms with van der Waals surface area (Å²) < 4.78 is 19.0. The highest BCUT2D eigenvalue weighted by atomic mass is 19.1. The predicted octanol–water partition coefficient (Wildman–Crippen LogP) is 4.71. The number of benzene rings is 2. The van der Waals surface area contributed by atoms with E-state index in [1.54, 1.807) is 7.11 Å². The predicted molar refractivity (Wildman–Crippen MR) is 82.7 cm³/mol. The lowest BCUT2D eigenvalue weighted by Gasteiger charge is -2.46. The van der Waals surface area contributed by atoms with E-state index in [2.05, 4.69) is 31.3 Å². The lowest BCUT2D eigenvalue weighted by atomic mass is 9.70. The third-order valence-corrected chi connectivity index (χ3v) is 4.40. The molecule has 110 valence electrons. The van der Waals surface area contributed by atoms with Crippen molar-refractivity contribution in [1.29, 1.82) is 0 Å². The molecule has 1 aliphatic heterocycles. The van der Waals surface area contributed by atoms with Gasteiger partial charge in [-0.3, -0.25) is 0 Å². The Morgan fingerprint density at radius 1 is 1.05 bits per heavy atom. The van der Waals surface area contributed by atoms with Gasteiger partial charge in [0, 0.05) is 23.8 Å². The highest BCUT2D eigenvalue weighted by molar-refractivity contribution is 5.57. The van der Waals surface area contributed by atoms with Gasteiger partial charge in [0.2, 0.25) is 0 Å². The van der Waals surface area contributed by atoms with Crippen molar-refractivity contribution in [3.63, 3.8) is 0 Å². The van der Waals surface area contributed by atoms with Crippen LogP contribution < -0.4 is 5.32 Å². The highest BCUT2D eigenvalue weighted by Gasteiger charge is 2.44. The molecule has 0 bridgehead atoms. The zero-order chi connectivity index (χ0) is 15.0. The fraction of sp³-hybridized carbons (Fsp3) is 0.333. The van der Waals surface area contributed by atoms with E-state index in [0.717, 1.165) is 11.3 Å². The van der Waals surface area contributed by atoms with Crippen LogP contribution in [0.4, 0.5) is 10.1 Å². The molecule has 1 aliphatic rings. The number of hydrogen-bond donors (Lipinski definition) is 1. The number of para-hydroxylation sites is 1. The normalized spacial score (nSPS) is 23.2. The van der Waals surface area contributed by atoms with Crippen LogP contribution in [-0.2, 0) is 4.74 Å². The summed E-state index contributed by atoms with van der Waals surface area (Å²) in [5, 5.41) is 3.58. The summed E-state index contributed by atoms with van der Waals surface area (Å²) in [7, 11) is 1.75. The molecule has 21 heavy (non-hydrogen) atoms. The van der Waals surface area contributed by atoms with E-state index in [4.69, 9.17) is 4.74 Å². The Morgan fingerprint density at radius 2 is 1.71 bits per heavy atom. The van der Waals surface area contributed by atoms with Gasteiger partial charge in [0.1, 0.15) is 5.82 Å². The molecule has 0 saturated heterocycles. The van der Waals surface area contributed by atoms with Gasteiger partial charge in [0.05, 0.1) is 12.1 Å². The molecule has 0 amide bonds. The second-order valence-corrected chi connectivity index (χ2v) is 6.15. The second-order valence-electron chi connectivity index (χ2n) is 6.15. The van der Waals surface area contributed by atoms with Gasteiger partial charge in [-0.05, 0) is 23.8 Å². The first-order valence-electron chi connectivity index (χ1n) is 7.18. The molecule has 2 aromatic carbocycles. The van der Waals surface area contributed by atoms with E-state index in [1.807, 2.05) is 24.3 Å². The van der Waals surface area contributed by atoms with Crippen LogP contribution in [0.25, 0.3) is 0 Å². The lowest BCUT2D eigenvalue weighted by Crippen LogP contribution is -2.39. The Kier molecular flexibility index (Phi) is 3.46. The molecule has 2 atom stereocenters. The molecule has 2 aromatic rings. The molecule has 3 rings (SSSR count). The third kappa shape index (κ3) is 2.32. The number of hydrogen-bond acceptors (Lipinski definition) is 2. The van der Waals surface area contributed by atoms with Crippen LogP contribution in [0.1, 0.15) is 37.1 Å². The van der Waals surface area contributed by atoms with Gasteiger partial charge >= 0.3 is 0 Å². The first kappa shape index (κ1) is 14.1. The van der Waals surface area contributed by atoms with Crippen LogP contribution >= 0.6 is 0 Å². The summed E-state index contributed by atoms with van der Waals surface area (Å²) in [4.78, 5) is 0. The number of methoxy groups -OCH3 is 1. The van der Waals surface area contributed by atoms with Crippen LogP contribution in [0.5, 0.6) is 0 Å². The fourth-order valence-electron chi connectivity index (χ4n) is 3.35. The summed E-state index contributed by atoms with van der Waals surface area (Å²) in [5.74, 6) is -0.212. The van der Waals surface area contributed by atoms with Gasteiger partial charge in [0.25, 0.3) is 0 Å². The first-order chi connectivity index (χ1) is 10.0. The average molecular weight is 285 g/mol. The minimum Gasteiger partial charge on any atom is -0.377 e. The summed E-state index contributed by atoms with van der Waals surface area (Å²) in [6.07, 6.45) is -0.00926. The SMILES string of the molecule is COC1c2ccccc2NC(c2ccc(F)cc2)C1(C)C. The van der Waals surface area contributed by atoms with Crippen molar-refractivity contribution in [1.82, 2.24) is 0 Å². The van der Waals surface area contributed by atoms with Crippen LogP contribution in [0.15, 0.2) is 48.5 Å². The Bertz CT molecular complexity index is 636. The Hall–Kier alpha value is -1.87. The molecule has 3 heteroatoms. The monoisotopic (exact) mass is 285 g/mol. The van der Waals surface area contributed by atoms with E-state index in [-0.39, 0.29) is 23.4 Å². The van der Waals surface area contributed by atoms with Crippen LogP contribution in [-0.4, -0.2) is 7.11 Å². The number of ether oxygens (including phenoxy) is 1.